The number of benzene rings is 2. The molecule has 0 aliphatic carbocycles. The molecule has 2 aliphatic heterocycles. The molecule has 2 aliphatic rings. The molecule has 0 radical (unpaired) electrons. The zero-order valence-electron chi connectivity index (χ0n) is 28.8. The molecule has 3 heterocycles. The number of anilines is 4. The normalized spacial score (nSPS) is 16.8. The minimum Gasteiger partial charge on any atom is -0.467 e. The number of ether oxygens (including phenoxy) is 4. The van der Waals surface area contributed by atoms with Gasteiger partial charge >= 0.3 is 12.3 Å². The van der Waals surface area contributed by atoms with Gasteiger partial charge in [-0.15, -0.1) is 8.78 Å². The number of allylic oxidation sites excluding steroid dienone is 3. The van der Waals surface area contributed by atoms with Crippen LogP contribution in [0.15, 0.2) is 69.2 Å². The number of aliphatic imine (C=N–C) groups is 1. The van der Waals surface area contributed by atoms with Gasteiger partial charge in [-0.2, -0.15) is 15.0 Å². The molecule has 1 aromatic heterocycles. The van der Waals surface area contributed by atoms with E-state index in [4.69, 9.17) is 36.3 Å². The van der Waals surface area contributed by atoms with Gasteiger partial charge in [-0.3, -0.25) is 9.89 Å². The first kappa shape index (κ1) is 38.6. The summed E-state index contributed by atoms with van der Waals surface area (Å²) in [5.74, 6) is -0.0481. The van der Waals surface area contributed by atoms with Gasteiger partial charge in [-0.05, 0) is 44.0 Å². The van der Waals surface area contributed by atoms with E-state index in [1.807, 2.05) is 4.90 Å². The largest absolute Gasteiger partial charge is 0.586 e. The first-order chi connectivity index (χ1) is 24.8. The maximum Gasteiger partial charge on any atom is 0.586 e. The van der Waals surface area contributed by atoms with Gasteiger partial charge in [-0.25, -0.2) is 8.42 Å². The predicted octanol–water partition coefficient (Wildman–Crippen LogP) is 4.33. The number of nitrogens with one attached hydrogen (secondary N) is 2. The number of hydrogen-bond acceptors (Lipinski definition) is 15. The van der Waals surface area contributed by atoms with Gasteiger partial charge in [0.05, 0.1) is 53.4 Å². The Kier molecular flexibility index (Phi) is 12.5. The molecule has 1 fully saturated rings. The Labute approximate surface area is 305 Å². The van der Waals surface area contributed by atoms with E-state index in [2.05, 4.69) is 42.2 Å². The summed E-state index contributed by atoms with van der Waals surface area (Å²) < 4.78 is 74.5. The average molecular weight is 764 g/mol. The number of methoxy groups -OCH3 is 1. The van der Waals surface area contributed by atoms with Gasteiger partial charge in [0, 0.05) is 51.1 Å². The highest BCUT2D eigenvalue weighted by Crippen LogP contribution is 2.48. The topological polar surface area (TPSA) is 179 Å². The Morgan fingerprint density at radius 1 is 1.15 bits per heavy atom. The van der Waals surface area contributed by atoms with Crippen molar-refractivity contribution in [3.05, 3.63) is 64.8 Å². The molecule has 5 rings (SSSR count). The van der Waals surface area contributed by atoms with Crippen LogP contribution in [0, 0.1) is 0 Å². The lowest BCUT2D eigenvalue weighted by atomic mass is 10.0. The van der Waals surface area contributed by atoms with Crippen LogP contribution in [-0.4, -0.2) is 107 Å². The van der Waals surface area contributed by atoms with E-state index in [0.717, 1.165) is 25.9 Å². The van der Waals surface area contributed by atoms with Crippen molar-refractivity contribution in [1.82, 2.24) is 19.9 Å². The fourth-order valence-corrected chi connectivity index (χ4v) is 6.43. The molecule has 0 unspecified atom stereocenters. The molecule has 4 N–H and O–H groups in total. The maximum absolute atomic E-state index is 14.3. The van der Waals surface area contributed by atoms with E-state index in [9.17, 15) is 17.2 Å². The van der Waals surface area contributed by atoms with Gasteiger partial charge in [0.25, 0.3) is 0 Å². The summed E-state index contributed by atoms with van der Waals surface area (Å²) in [6.07, 6.45) is 0.396. The van der Waals surface area contributed by atoms with Crippen LogP contribution in [0.25, 0.3) is 0 Å². The first-order valence-electron chi connectivity index (χ1n) is 16.2. The Morgan fingerprint density at radius 3 is 2.60 bits per heavy atom. The number of rotatable bonds is 16. The molecule has 1 saturated heterocycles. The molecule has 280 valence electrons. The van der Waals surface area contributed by atoms with Crippen LogP contribution in [-0.2, 0) is 14.6 Å². The van der Waals surface area contributed by atoms with Crippen molar-refractivity contribution < 1.29 is 36.1 Å². The van der Waals surface area contributed by atoms with Gasteiger partial charge in [0.2, 0.25) is 11.9 Å². The quantitative estimate of drug-likeness (QED) is 0.107. The number of fused-ring (bicyclic) bond motifs is 1. The van der Waals surface area contributed by atoms with Crippen molar-refractivity contribution in [2.24, 2.45) is 10.7 Å². The van der Waals surface area contributed by atoms with Crippen molar-refractivity contribution in [3.8, 4) is 17.5 Å². The SMILES string of the molecule is C=N/C(=C(Cl)\C=C/C)[C@@H](Nc1ccc(S(C)(=O)=O)cc1Nc1nc(OC)nc(N2CCN(CCOCCN)CC2)n1)c1cccc2c1OC(F)(F)O2. The summed E-state index contributed by atoms with van der Waals surface area (Å²) >= 11 is 6.64. The molecule has 0 spiro atoms. The molecule has 15 nitrogen and oxygen atoms in total. The Morgan fingerprint density at radius 2 is 1.92 bits per heavy atom. The lowest BCUT2D eigenvalue weighted by molar-refractivity contribution is -0.287. The minimum absolute atomic E-state index is 0.0218. The van der Waals surface area contributed by atoms with Crippen molar-refractivity contribution in [2.75, 3.05) is 81.4 Å². The number of nitrogens with zero attached hydrogens (tertiary/aromatic N) is 6. The van der Waals surface area contributed by atoms with E-state index < -0.39 is 22.2 Å². The molecule has 1 atom stereocenters. The van der Waals surface area contributed by atoms with Crippen LogP contribution >= 0.6 is 11.6 Å². The smallest absolute Gasteiger partial charge is 0.467 e. The Balaban J connectivity index is 1.52. The van der Waals surface area contributed by atoms with Crippen molar-refractivity contribution in [2.45, 2.75) is 24.2 Å². The second kappa shape index (κ2) is 16.8. The zero-order chi connectivity index (χ0) is 37.5. The summed E-state index contributed by atoms with van der Waals surface area (Å²) in [7, 11) is -2.27. The highest BCUT2D eigenvalue weighted by atomic mass is 35.5. The third-order valence-electron chi connectivity index (χ3n) is 7.99. The van der Waals surface area contributed by atoms with E-state index in [0.29, 0.717) is 38.8 Å². The molecule has 2 aromatic carbocycles. The van der Waals surface area contributed by atoms with E-state index in [1.165, 1.54) is 37.4 Å². The molecule has 52 heavy (non-hydrogen) atoms. The van der Waals surface area contributed by atoms with Crippen molar-refractivity contribution >= 4 is 51.4 Å². The van der Waals surface area contributed by atoms with Gasteiger partial charge in [0.1, 0.15) is 0 Å². The molecule has 0 bridgehead atoms. The van der Waals surface area contributed by atoms with Crippen molar-refractivity contribution in [1.29, 1.82) is 0 Å². The highest BCUT2D eigenvalue weighted by Gasteiger charge is 2.45. The molecular formula is C33H40ClF2N9O6S. The van der Waals surface area contributed by atoms with E-state index in [1.54, 1.807) is 25.1 Å². The first-order valence-corrected chi connectivity index (χ1v) is 18.4. The lowest BCUT2D eigenvalue weighted by Gasteiger charge is -2.34. The van der Waals surface area contributed by atoms with Gasteiger partial charge in [0.15, 0.2) is 21.3 Å². The maximum atomic E-state index is 14.3. The Bertz CT molecular complexity index is 1930. The van der Waals surface area contributed by atoms with Crippen LogP contribution in [0.1, 0.15) is 18.5 Å². The summed E-state index contributed by atoms with van der Waals surface area (Å²) in [6, 6.07) is 7.62. The number of aromatic nitrogens is 3. The fraction of sp³-hybridized carbons (Fsp3) is 0.394. The minimum atomic E-state index is -3.91. The van der Waals surface area contributed by atoms with E-state index in [-0.39, 0.29) is 56.0 Å². The summed E-state index contributed by atoms with van der Waals surface area (Å²) in [4.78, 5) is 21.8. The number of nitrogens with two attached hydrogens (primary N) is 1. The predicted molar refractivity (Wildman–Crippen MR) is 194 cm³/mol. The van der Waals surface area contributed by atoms with Crippen molar-refractivity contribution in [3.63, 3.8) is 0 Å². The molecule has 0 amide bonds. The number of sulfone groups is 1. The van der Waals surface area contributed by atoms with Crippen LogP contribution in [0.5, 0.6) is 17.5 Å². The molecule has 19 heteroatoms. The van der Waals surface area contributed by atoms with Crippen LogP contribution in [0.2, 0.25) is 0 Å². The fourth-order valence-electron chi connectivity index (χ4n) is 5.49. The summed E-state index contributed by atoms with van der Waals surface area (Å²) in [6.45, 7) is 10.4. The second-order valence-electron chi connectivity index (χ2n) is 11.6. The molecule has 0 saturated carbocycles. The number of hydrogen-bond donors (Lipinski definition) is 3. The summed E-state index contributed by atoms with van der Waals surface area (Å²) in [5.41, 5.74) is 6.34. The average Bonchev–Trinajstić information content (AvgIpc) is 3.44. The molecular weight excluding hydrogens is 724 g/mol. The number of halogens is 3. The second-order valence-corrected chi connectivity index (χ2v) is 14.0. The lowest BCUT2D eigenvalue weighted by Crippen LogP contribution is -2.48. The van der Waals surface area contributed by atoms with Gasteiger partial charge < -0.3 is 40.2 Å². The third-order valence-corrected chi connectivity index (χ3v) is 9.42. The molecule has 3 aromatic rings. The highest BCUT2D eigenvalue weighted by molar-refractivity contribution is 7.90. The summed E-state index contributed by atoms with van der Waals surface area (Å²) in [5, 5.41) is 6.51. The Hall–Kier alpha value is -4.62. The number of piperazine rings is 1. The van der Waals surface area contributed by atoms with Crippen LogP contribution in [0.4, 0.5) is 32.1 Å². The standard InChI is InChI=1S/C33H40ClF2N9O6S/c1-5-7-23(34)28(38-2)27(22-8-6-9-26-29(22)51-33(35,36)50-26)39-24-11-10-21(52(4,46)47)20-25(24)40-30-41-31(43-32(42-30)48-3)45-15-13-44(14-16-45)17-19-49-18-12-37/h5-11,20,27,39H,2,12-19,37H2,1,3-4H3,(H,40,41,42,43)/b7-5-,28-23+/t27-/m0/s1. The van der Waals surface area contributed by atoms with Crippen LogP contribution in [0.3, 0.4) is 0 Å². The monoisotopic (exact) mass is 763 g/mol. The van der Waals surface area contributed by atoms with E-state index >= 15 is 0 Å². The number of para-hydroxylation sites is 1. The zero-order valence-corrected chi connectivity index (χ0v) is 30.4. The van der Waals surface area contributed by atoms with Crippen LogP contribution < -0.4 is 35.5 Å². The van der Waals surface area contributed by atoms with Gasteiger partial charge in [-0.1, -0.05) is 29.8 Å². The number of alkyl halides is 2. The third kappa shape index (κ3) is 9.43.